The van der Waals surface area contributed by atoms with Crippen molar-refractivity contribution >= 4 is 5.96 Å². The minimum Gasteiger partial charge on any atom is -0.356 e. The fourth-order valence-corrected chi connectivity index (χ4v) is 2.94. The van der Waals surface area contributed by atoms with E-state index >= 15 is 0 Å². The van der Waals surface area contributed by atoms with Gasteiger partial charge in [-0.25, -0.2) is 0 Å². The van der Waals surface area contributed by atoms with Crippen molar-refractivity contribution in [2.24, 2.45) is 4.99 Å². The number of rotatable bonds is 6. The maximum Gasteiger partial charge on any atom is 0.191 e. The van der Waals surface area contributed by atoms with Crippen LogP contribution in [0.5, 0.6) is 0 Å². The summed E-state index contributed by atoms with van der Waals surface area (Å²) in [5.41, 5.74) is 0. The number of hydrogen-bond acceptors (Lipinski definition) is 3. The van der Waals surface area contributed by atoms with E-state index < -0.39 is 0 Å². The Labute approximate surface area is 117 Å². The van der Waals surface area contributed by atoms with Gasteiger partial charge in [-0.3, -0.25) is 14.8 Å². The van der Waals surface area contributed by atoms with Crippen LogP contribution in [0.15, 0.2) is 4.99 Å². The van der Waals surface area contributed by atoms with Gasteiger partial charge in [-0.15, -0.1) is 0 Å². The monoisotopic (exact) mass is 267 g/mol. The molecule has 0 aliphatic carbocycles. The van der Waals surface area contributed by atoms with Crippen LogP contribution in [0.25, 0.3) is 0 Å². The highest BCUT2D eigenvalue weighted by Gasteiger charge is 2.31. The molecule has 0 saturated carbocycles. The Morgan fingerprint density at radius 3 is 2.53 bits per heavy atom. The van der Waals surface area contributed by atoms with Crippen LogP contribution in [-0.4, -0.2) is 74.7 Å². The highest BCUT2D eigenvalue weighted by molar-refractivity contribution is 5.79. The molecule has 110 valence electrons. The van der Waals surface area contributed by atoms with E-state index in [1.807, 2.05) is 7.05 Å². The highest BCUT2D eigenvalue weighted by atomic mass is 15.4. The number of nitrogens with one attached hydrogen (secondary N) is 2. The molecule has 3 fully saturated rings. The summed E-state index contributed by atoms with van der Waals surface area (Å²) in [6.07, 6.45) is 3.77. The lowest BCUT2D eigenvalue weighted by Gasteiger charge is -2.47. The first-order valence-corrected chi connectivity index (χ1v) is 7.74. The average Bonchev–Trinajstić information content (AvgIpc) is 2.48. The van der Waals surface area contributed by atoms with Crippen LogP contribution in [0.2, 0.25) is 0 Å². The number of nitrogens with zero attached hydrogens (tertiary/aromatic N) is 3. The lowest BCUT2D eigenvalue weighted by atomic mass is 10.1. The van der Waals surface area contributed by atoms with Crippen molar-refractivity contribution in [3.8, 4) is 0 Å². The standard InChI is InChI=1S/C14H29N5/c1-3-4-5-6-16-14(15-2)17-11-13-12-18-7-9-19(13)10-8-18/h13H,3-12H2,1-2H3,(H2,15,16,17). The molecular formula is C14H29N5. The topological polar surface area (TPSA) is 42.9 Å². The van der Waals surface area contributed by atoms with Gasteiger partial charge in [0.25, 0.3) is 0 Å². The predicted octanol–water partition coefficient (Wildman–Crippen LogP) is 0.341. The Hall–Kier alpha value is -0.810. The van der Waals surface area contributed by atoms with Crippen LogP contribution in [0.4, 0.5) is 0 Å². The average molecular weight is 267 g/mol. The van der Waals surface area contributed by atoms with E-state index in [2.05, 4.69) is 32.3 Å². The van der Waals surface area contributed by atoms with Crippen molar-refractivity contribution < 1.29 is 0 Å². The summed E-state index contributed by atoms with van der Waals surface area (Å²) in [5, 5.41) is 6.87. The molecule has 1 unspecified atom stereocenters. The molecule has 0 aromatic heterocycles. The van der Waals surface area contributed by atoms with Crippen molar-refractivity contribution in [1.29, 1.82) is 0 Å². The molecule has 3 heterocycles. The van der Waals surface area contributed by atoms with E-state index in [-0.39, 0.29) is 0 Å². The Morgan fingerprint density at radius 2 is 1.95 bits per heavy atom. The summed E-state index contributed by atoms with van der Waals surface area (Å²) in [6, 6.07) is 0.650. The molecule has 0 amide bonds. The Kier molecular flexibility index (Phi) is 5.92. The van der Waals surface area contributed by atoms with Gasteiger partial charge in [-0.2, -0.15) is 0 Å². The summed E-state index contributed by atoms with van der Waals surface area (Å²) in [6.45, 7) is 10.4. The van der Waals surface area contributed by atoms with Gasteiger partial charge in [0.2, 0.25) is 0 Å². The second kappa shape index (κ2) is 7.70. The van der Waals surface area contributed by atoms with Crippen molar-refractivity contribution in [2.75, 3.05) is 52.9 Å². The lowest BCUT2D eigenvalue weighted by Crippen LogP contribution is -2.63. The zero-order valence-electron chi connectivity index (χ0n) is 12.5. The molecule has 2 bridgehead atoms. The summed E-state index contributed by atoms with van der Waals surface area (Å²) in [7, 11) is 1.85. The van der Waals surface area contributed by atoms with E-state index in [1.54, 1.807) is 0 Å². The number of fused-ring (bicyclic) bond motifs is 3. The van der Waals surface area contributed by atoms with E-state index in [0.717, 1.165) is 19.0 Å². The molecule has 3 aliphatic heterocycles. The van der Waals surface area contributed by atoms with Crippen LogP contribution >= 0.6 is 0 Å². The minimum atomic E-state index is 0.650. The summed E-state index contributed by atoms with van der Waals surface area (Å²) in [4.78, 5) is 9.48. The van der Waals surface area contributed by atoms with Crippen molar-refractivity contribution in [3.05, 3.63) is 0 Å². The predicted molar refractivity (Wildman–Crippen MR) is 80.7 cm³/mol. The van der Waals surface area contributed by atoms with Crippen LogP contribution in [0.3, 0.4) is 0 Å². The zero-order chi connectivity index (χ0) is 13.5. The fourth-order valence-electron chi connectivity index (χ4n) is 2.94. The maximum absolute atomic E-state index is 4.29. The summed E-state index contributed by atoms with van der Waals surface area (Å²) >= 11 is 0. The van der Waals surface area contributed by atoms with Crippen molar-refractivity contribution in [1.82, 2.24) is 20.4 Å². The van der Waals surface area contributed by atoms with Crippen molar-refractivity contribution in [2.45, 2.75) is 32.2 Å². The molecule has 5 heteroatoms. The third kappa shape index (κ3) is 4.35. The second-order valence-corrected chi connectivity index (χ2v) is 5.58. The number of hydrogen-bond donors (Lipinski definition) is 2. The zero-order valence-corrected chi connectivity index (χ0v) is 12.5. The number of unbranched alkanes of at least 4 members (excludes halogenated alkanes) is 2. The molecule has 0 aromatic carbocycles. The molecule has 1 atom stereocenters. The van der Waals surface area contributed by atoms with Crippen LogP contribution in [0.1, 0.15) is 26.2 Å². The molecule has 2 N–H and O–H groups in total. The van der Waals surface area contributed by atoms with Gasteiger partial charge in [0.15, 0.2) is 5.96 Å². The van der Waals surface area contributed by atoms with Gasteiger partial charge in [-0.1, -0.05) is 19.8 Å². The van der Waals surface area contributed by atoms with E-state index in [0.29, 0.717) is 6.04 Å². The van der Waals surface area contributed by atoms with Gasteiger partial charge < -0.3 is 10.6 Å². The van der Waals surface area contributed by atoms with Gasteiger partial charge in [0.05, 0.1) is 0 Å². The molecule has 5 nitrogen and oxygen atoms in total. The molecule has 3 saturated heterocycles. The largest absolute Gasteiger partial charge is 0.356 e. The molecule has 0 spiro atoms. The minimum absolute atomic E-state index is 0.650. The molecule has 3 rings (SSSR count). The van der Waals surface area contributed by atoms with Crippen LogP contribution < -0.4 is 10.6 Å². The smallest absolute Gasteiger partial charge is 0.191 e. The summed E-state index contributed by atoms with van der Waals surface area (Å²) < 4.78 is 0. The Bertz CT molecular complexity index is 284. The van der Waals surface area contributed by atoms with Crippen molar-refractivity contribution in [3.63, 3.8) is 0 Å². The second-order valence-electron chi connectivity index (χ2n) is 5.58. The number of aliphatic imine (C=N–C) groups is 1. The molecule has 19 heavy (non-hydrogen) atoms. The SMILES string of the molecule is CCCCCNC(=NC)NCC1CN2CCN1CC2. The Morgan fingerprint density at radius 1 is 1.16 bits per heavy atom. The van der Waals surface area contributed by atoms with Crippen LogP contribution in [0, 0.1) is 0 Å². The first-order valence-electron chi connectivity index (χ1n) is 7.74. The number of piperazine rings is 3. The molecule has 3 aliphatic rings. The van der Waals surface area contributed by atoms with E-state index in [1.165, 1.54) is 52.0 Å². The van der Waals surface area contributed by atoms with Gasteiger partial charge in [0.1, 0.15) is 0 Å². The van der Waals surface area contributed by atoms with E-state index in [9.17, 15) is 0 Å². The third-order valence-corrected chi connectivity index (χ3v) is 4.19. The molecule has 0 aromatic rings. The van der Waals surface area contributed by atoms with Gasteiger partial charge in [-0.05, 0) is 6.42 Å². The molecule has 0 radical (unpaired) electrons. The fraction of sp³-hybridized carbons (Fsp3) is 0.929. The van der Waals surface area contributed by atoms with Gasteiger partial charge >= 0.3 is 0 Å². The number of guanidine groups is 1. The highest BCUT2D eigenvalue weighted by Crippen LogP contribution is 2.14. The van der Waals surface area contributed by atoms with Crippen LogP contribution in [-0.2, 0) is 0 Å². The Balaban J connectivity index is 1.65. The molecular weight excluding hydrogens is 238 g/mol. The quantitative estimate of drug-likeness (QED) is 0.414. The van der Waals surface area contributed by atoms with E-state index in [4.69, 9.17) is 0 Å². The third-order valence-electron chi connectivity index (χ3n) is 4.19. The first-order chi connectivity index (χ1) is 9.33. The van der Waals surface area contributed by atoms with Gasteiger partial charge in [0, 0.05) is 58.9 Å². The normalized spacial score (nSPS) is 30.4. The lowest BCUT2D eigenvalue weighted by molar-refractivity contribution is 0.0154. The summed E-state index contributed by atoms with van der Waals surface area (Å²) in [5.74, 6) is 0.953. The maximum atomic E-state index is 4.29. The first kappa shape index (κ1) is 14.6.